The molecule has 0 saturated carbocycles. The number of rotatable bonds is 8. The molecule has 3 rings (SSSR count). The highest BCUT2D eigenvalue weighted by atomic mass is 35.5. The summed E-state index contributed by atoms with van der Waals surface area (Å²) in [5.41, 5.74) is 11.4. The lowest BCUT2D eigenvalue weighted by Crippen LogP contribution is -2.19. The van der Waals surface area contributed by atoms with Crippen molar-refractivity contribution in [3.8, 4) is 11.5 Å². The average molecular weight is 424 g/mol. The third-order valence-corrected chi connectivity index (χ3v) is 4.45. The van der Waals surface area contributed by atoms with Gasteiger partial charge in [0.1, 0.15) is 6.61 Å². The lowest BCUT2D eigenvalue weighted by atomic mass is 10.1. The van der Waals surface area contributed by atoms with E-state index in [0.717, 1.165) is 16.7 Å². The Bertz CT molecular complexity index is 1040. The Morgan fingerprint density at radius 3 is 2.60 bits per heavy atom. The minimum Gasteiger partial charge on any atom is -0.493 e. The van der Waals surface area contributed by atoms with Crippen LogP contribution >= 0.6 is 11.6 Å². The molecular weight excluding hydrogens is 402 g/mol. The zero-order chi connectivity index (χ0) is 21.3. The van der Waals surface area contributed by atoms with Crippen LogP contribution in [0, 0.1) is 0 Å². The van der Waals surface area contributed by atoms with Crippen LogP contribution in [0.1, 0.15) is 16.7 Å². The second kappa shape index (κ2) is 10.3. The van der Waals surface area contributed by atoms with Crippen molar-refractivity contribution in [1.82, 2.24) is 5.43 Å². The van der Waals surface area contributed by atoms with Crippen molar-refractivity contribution in [2.75, 3.05) is 12.8 Å². The summed E-state index contributed by atoms with van der Waals surface area (Å²) in [6.45, 7) is 0.367. The maximum Gasteiger partial charge on any atom is 0.244 e. The van der Waals surface area contributed by atoms with E-state index in [-0.39, 0.29) is 12.3 Å². The molecule has 0 aromatic heterocycles. The number of nitrogens with one attached hydrogen (secondary N) is 1. The SMILES string of the molecule is COc1cc(/C=N\NC(=O)Cc2ccc(N)cc2)ccc1OCc1cccc(Cl)c1. The molecule has 3 aromatic rings. The first-order valence-electron chi connectivity index (χ1n) is 9.25. The van der Waals surface area contributed by atoms with Crippen LogP contribution in [0.4, 0.5) is 5.69 Å². The predicted molar refractivity (Wildman–Crippen MR) is 119 cm³/mol. The molecule has 0 spiro atoms. The van der Waals surface area contributed by atoms with E-state index in [1.807, 2.05) is 42.5 Å². The van der Waals surface area contributed by atoms with Crippen molar-refractivity contribution in [1.29, 1.82) is 0 Å². The highest BCUT2D eigenvalue weighted by Gasteiger charge is 2.06. The zero-order valence-electron chi connectivity index (χ0n) is 16.5. The minimum atomic E-state index is -0.218. The molecule has 0 aliphatic rings. The first kappa shape index (κ1) is 21.2. The van der Waals surface area contributed by atoms with Gasteiger partial charge in [-0.1, -0.05) is 35.9 Å². The number of benzene rings is 3. The summed E-state index contributed by atoms with van der Waals surface area (Å²) in [7, 11) is 1.57. The average Bonchev–Trinajstić information content (AvgIpc) is 2.74. The number of nitrogens with two attached hydrogens (primary N) is 1. The van der Waals surface area contributed by atoms with Crippen molar-refractivity contribution in [3.05, 3.63) is 88.4 Å². The molecule has 1 amide bonds. The fourth-order valence-electron chi connectivity index (χ4n) is 2.71. The number of amides is 1. The summed E-state index contributed by atoms with van der Waals surface area (Å²) < 4.78 is 11.2. The van der Waals surface area contributed by atoms with E-state index < -0.39 is 0 Å². The van der Waals surface area contributed by atoms with Gasteiger partial charge in [0, 0.05) is 10.7 Å². The largest absolute Gasteiger partial charge is 0.493 e. The Hall–Kier alpha value is -3.51. The number of carbonyl (C=O) groups is 1. The third kappa shape index (κ3) is 6.25. The van der Waals surface area contributed by atoms with Gasteiger partial charge >= 0.3 is 0 Å². The van der Waals surface area contributed by atoms with Gasteiger partial charge in [-0.2, -0.15) is 5.10 Å². The van der Waals surface area contributed by atoms with Crippen LogP contribution in [0.5, 0.6) is 11.5 Å². The van der Waals surface area contributed by atoms with Crippen LogP contribution in [0.3, 0.4) is 0 Å². The van der Waals surface area contributed by atoms with E-state index in [0.29, 0.717) is 28.8 Å². The Labute approximate surface area is 180 Å². The number of methoxy groups -OCH3 is 1. The Morgan fingerprint density at radius 2 is 1.87 bits per heavy atom. The number of halogens is 1. The molecule has 154 valence electrons. The molecule has 30 heavy (non-hydrogen) atoms. The molecule has 0 radical (unpaired) electrons. The molecule has 0 bridgehead atoms. The summed E-state index contributed by atoms with van der Waals surface area (Å²) in [4.78, 5) is 12.0. The first-order valence-corrected chi connectivity index (χ1v) is 9.63. The molecule has 6 nitrogen and oxygen atoms in total. The standard InChI is InChI=1S/C23H22ClN3O3/c1-29-22-12-17(7-10-21(22)30-15-18-3-2-4-19(24)11-18)14-26-27-23(28)13-16-5-8-20(25)9-6-16/h2-12,14H,13,15,25H2,1H3,(H,27,28)/b26-14-. The van der Waals surface area contributed by atoms with E-state index in [1.54, 1.807) is 37.6 Å². The fraction of sp³-hybridized carbons (Fsp3) is 0.130. The molecule has 0 aliphatic carbocycles. The number of anilines is 1. The summed E-state index contributed by atoms with van der Waals surface area (Å²) >= 11 is 6.00. The van der Waals surface area contributed by atoms with Gasteiger partial charge in [-0.05, 0) is 59.2 Å². The molecule has 0 saturated heterocycles. The monoisotopic (exact) mass is 423 g/mol. The van der Waals surface area contributed by atoms with Crippen molar-refractivity contribution in [3.63, 3.8) is 0 Å². The molecule has 0 heterocycles. The molecule has 0 aliphatic heterocycles. The number of nitrogen functional groups attached to an aromatic ring is 1. The normalized spacial score (nSPS) is 10.7. The van der Waals surface area contributed by atoms with Crippen molar-refractivity contribution in [2.45, 2.75) is 13.0 Å². The summed E-state index contributed by atoms with van der Waals surface area (Å²) in [5.74, 6) is 0.945. The first-order chi connectivity index (χ1) is 14.5. The van der Waals surface area contributed by atoms with E-state index in [9.17, 15) is 4.79 Å². The lowest BCUT2D eigenvalue weighted by Gasteiger charge is -2.11. The summed E-state index contributed by atoms with van der Waals surface area (Å²) in [6, 6.07) is 20.0. The van der Waals surface area contributed by atoms with Crippen molar-refractivity contribution < 1.29 is 14.3 Å². The zero-order valence-corrected chi connectivity index (χ0v) is 17.2. The number of hydrazone groups is 1. The quantitative estimate of drug-likeness (QED) is 0.323. The van der Waals surface area contributed by atoms with Crippen LogP contribution < -0.4 is 20.6 Å². The molecule has 0 atom stereocenters. The minimum absolute atomic E-state index is 0.218. The van der Waals surface area contributed by atoms with Crippen LogP contribution in [-0.4, -0.2) is 19.2 Å². The molecular formula is C23H22ClN3O3. The fourth-order valence-corrected chi connectivity index (χ4v) is 2.92. The van der Waals surface area contributed by atoms with Gasteiger partial charge in [0.05, 0.1) is 19.7 Å². The van der Waals surface area contributed by atoms with E-state index in [1.165, 1.54) is 0 Å². The van der Waals surface area contributed by atoms with Crippen molar-refractivity contribution >= 4 is 29.4 Å². The van der Waals surface area contributed by atoms with Crippen LogP contribution in [-0.2, 0) is 17.8 Å². The summed E-state index contributed by atoms with van der Waals surface area (Å²) in [5, 5.41) is 4.66. The topological polar surface area (TPSA) is 85.9 Å². The molecule has 0 unspecified atom stereocenters. The highest BCUT2D eigenvalue weighted by Crippen LogP contribution is 2.28. The molecule has 3 aromatic carbocycles. The van der Waals surface area contributed by atoms with Gasteiger partial charge in [0.2, 0.25) is 5.91 Å². The maximum absolute atomic E-state index is 12.0. The Kier molecular flexibility index (Phi) is 7.29. The Balaban J connectivity index is 1.57. The van der Waals surface area contributed by atoms with E-state index in [2.05, 4.69) is 10.5 Å². The van der Waals surface area contributed by atoms with Gasteiger partial charge in [0.15, 0.2) is 11.5 Å². The second-order valence-electron chi connectivity index (χ2n) is 6.54. The van der Waals surface area contributed by atoms with Crippen molar-refractivity contribution in [2.24, 2.45) is 5.10 Å². The maximum atomic E-state index is 12.0. The van der Waals surface area contributed by atoms with Crippen LogP contribution in [0.25, 0.3) is 0 Å². The van der Waals surface area contributed by atoms with Gasteiger partial charge in [-0.15, -0.1) is 0 Å². The number of hydrogen-bond donors (Lipinski definition) is 2. The molecule has 7 heteroatoms. The Morgan fingerprint density at radius 1 is 1.07 bits per heavy atom. The number of ether oxygens (including phenoxy) is 2. The third-order valence-electron chi connectivity index (χ3n) is 4.22. The number of nitrogens with zero attached hydrogens (tertiary/aromatic N) is 1. The van der Waals surface area contributed by atoms with Gasteiger partial charge < -0.3 is 15.2 Å². The van der Waals surface area contributed by atoms with Crippen LogP contribution in [0.15, 0.2) is 71.8 Å². The van der Waals surface area contributed by atoms with E-state index >= 15 is 0 Å². The van der Waals surface area contributed by atoms with Crippen LogP contribution in [0.2, 0.25) is 5.02 Å². The summed E-state index contributed by atoms with van der Waals surface area (Å²) in [6.07, 6.45) is 1.77. The molecule has 3 N–H and O–H groups in total. The lowest BCUT2D eigenvalue weighted by molar-refractivity contribution is -0.120. The highest BCUT2D eigenvalue weighted by molar-refractivity contribution is 6.30. The molecule has 0 fully saturated rings. The van der Waals surface area contributed by atoms with Gasteiger partial charge in [-0.25, -0.2) is 5.43 Å². The smallest absolute Gasteiger partial charge is 0.244 e. The predicted octanol–water partition coefficient (Wildman–Crippen LogP) is 4.20. The van der Waals surface area contributed by atoms with Gasteiger partial charge in [0.25, 0.3) is 0 Å². The number of hydrogen-bond acceptors (Lipinski definition) is 5. The second-order valence-corrected chi connectivity index (χ2v) is 6.98. The van der Waals surface area contributed by atoms with E-state index in [4.69, 9.17) is 26.8 Å². The van der Waals surface area contributed by atoms with Gasteiger partial charge in [-0.3, -0.25) is 4.79 Å². The number of carbonyl (C=O) groups excluding carboxylic acids is 1.